The number of likely N-dealkylation sites (tertiary alicyclic amines) is 1. The Morgan fingerprint density at radius 1 is 1.33 bits per heavy atom. The van der Waals surface area contributed by atoms with E-state index in [0.717, 1.165) is 30.9 Å². The molecule has 1 aromatic rings. The fraction of sp³-hybridized carbons (Fsp3) is 0.588. The smallest absolute Gasteiger partial charge is 0.309 e. The van der Waals surface area contributed by atoms with Gasteiger partial charge in [0, 0.05) is 6.54 Å². The molecule has 1 fully saturated rings. The Labute approximate surface area is 126 Å². The van der Waals surface area contributed by atoms with Crippen molar-refractivity contribution in [3.8, 4) is 5.75 Å². The summed E-state index contributed by atoms with van der Waals surface area (Å²) in [6.45, 7) is 9.12. The van der Waals surface area contributed by atoms with E-state index in [2.05, 4.69) is 30.0 Å². The van der Waals surface area contributed by atoms with Gasteiger partial charge in [-0.25, -0.2) is 0 Å². The molecule has 0 spiro atoms. The van der Waals surface area contributed by atoms with Crippen molar-refractivity contribution in [1.82, 2.24) is 4.90 Å². The molecule has 4 heteroatoms. The van der Waals surface area contributed by atoms with E-state index < -0.39 is 11.4 Å². The van der Waals surface area contributed by atoms with Gasteiger partial charge in [0.2, 0.25) is 0 Å². The molecule has 1 heterocycles. The van der Waals surface area contributed by atoms with Crippen LogP contribution in [0.15, 0.2) is 18.2 Å². The van der Waals surface area contributed by atoms with Crippen molar-refractivity contribution in [1.29, 1.82) is 0 Å². The highest BCUT2D eigenvalue weighted by molar-refractivity contribution is 5.74. The molecule has 0 bridgehead atoms. The molecule has 0 radical (unpaired) electrons. The van der Waals surface area contributed by atoms with Crippen LogP contribution in [0.1, 0.15) is 30.9 Å². The summed E-state index contributed by atoms with van der Waals surface area (Å²) in [4.78, 5) is 13.5. The van der Waals surface area contributed by atoms with Crippen LogP contribution in [-0.2, 0) is 4.79 Å². The van der Waals surface area contributed by atoms with Crippen LogP contribution in [-0.4, -0.2) is 42.2 Å². The first kappa shape index (κ1) is 15.8. The summed E-state index contributed by atoms with van der Waals surface area (Å²) in [5, 5.41) is 9.22. The molecule has 0 saturated carbocycles. The van der Waals surface area contributed by atoms with E-state index in [9.17, 15) is 9.90 Å². The van der Waals surface area contributed by atoms with Gasteiger partial charge in [0.1, 0.15) is 12.4 Å². The quantitative estimate of drug-likeness (QED) is 0.906. The number of ether oxygens (including phenoxy) is 1. The lowest BCUT2D eigenvalue weighted by Gasteiger charge is -2.36. The molecule has 21 heavy (non-hydrogen) atoms. The van der Waals surface area contributed by atoms with Crippen LogP contribution in [0.25, 0.3) is 0 Å². The van der Waals surface area contributed by atoms with Crippen LogP contribution < -0.4 is 4.74 Å². The summed E-state index contributed by atoms with van der Waals surface area (Å²) in [6, 6.07) is 6.22. The van der Waals surface area contributed by atoms with Gasteiger partial charge in [0.15, 0.2) is 0 Å². The normalized spacial score (nSPS) is 18.4. The van der Waals surface area contributed by atoms with Crippen LogP contribution in [0.3, 0.4) is 0 Å². The number of aryl methyl sites for hydroxylation is 2. The maximum Gasteiger partial charge on any atom is 0.309 e. The van der Waals surface area contributed by atoms with Gasteiger partial charge in [-0.3, -0.25) is 9.69 Å². The van der Waals surface area contributed by atoms with Crippen molar-refractivity contribution in [2.75, 3.05) is 26.2 Å². The monoisotopic (exact) mass is 291 g/mol. The van der Waals surface area contributed by atoms with Crippen molar-refractivity contribution in [3.63, 3.8) is 0 Å². The summed E-state index contributed by atoms with van der Waals surface area (Å²) in [6.07, 6.45) is 1.43. The van der Waals surface area contributed by atoms with E-state index in [1.54, 1.807) is 0 Å². The fourth-order valence-corrected chi connectivity index (χ4v) is 2.63. The van der Waals surface area contributed by atoms with E-state index in [-0.39, 0.29) is 0 Å². The Hall–Kier alpha value is -1.55. The average molecular weight is 291 g/mol. The lowest BCUT2D eigenvalue weighted by molar-refractivity contribution is -0.150. The van der Waals surface area contributed by atoms with Crippen LogP contribution in [0.4, 0.5) is 0 Å². The highest BCUT2D eigenvalue weighted by atomic mass is 16.5. The van der Waals surface area contributed by atoms with E-state index in [0.29, 0.717) is 19.4 Å². The first-order chi connectivity index (χ1) is 9.90. The summed E-state index contributed by atoms with van der Waals surface area (Å²) in [5.41, 5.74) is 1.80. The van der Waals surface area contributed by atoms with Gasteiger partial charge in [-0.2, -0.15) is 0 Å². The zero-order valence-corrected chi connectivity index (χ0v) is 13.2. The van der Waals surface area contributed by atoms with Crippen LogP contribution in [0.2, 0.25) is 0 Å². The lowest BCUT2D eigenvalue weighted by Crippen LogP contribution is -2.43. The number of carboxylic acids is 1. The largest absolute Gasteiger partial charge is 0.492 e. The number of rotatable bonds is 5. The molecule has 1 saturated heterocycles. The minimum absolute atomic E-state index is 0.551. The molecule has 1 aromatic carbocycles. The van der Waals surface area contributed by atoms with Crippen molar-refractivity contribution >= 4 is 5.97 Å². The maximum absolute atomic E-state index is 11.2. The molecule has 2 rings (SSSR count). The van der Waals surface area contributed by atoms with E-state index >= 15 is 0 Å². The molecular formula is C17H25NO3. The van der Waals surface area contributed by atoms with Gasteiger partial charge in [-0.1, -0.05) is 12.1 Å². The predicted octanol–water partition coefficient (Wildman–Crippen LogP) is 2.87. The van der Waals surface area contributed by atoms with Crippen molar-refractivity contribution in [3.05, 3.63) is 29.3 Å². The second-order valence-corrected chi connectivity index (χ2v) is 6.32. The molecule has 1 aliphatic heterocycles. The standard InChI is InChI=1S/C17H25NO3/c1-13-4-5-14(2)15(12-13)21-11-10-18-8-6-17(3,7-9-18)16(19)20/h4-5,12H,6-11H2,1-3H3,(H,19,20). The number of piperidine rings is 1. The van der Waals surface area contributed by atoms with Crippen LogP contribution in [0.5, 0.6) is 5.75 Å². The minimum atomic E-state index is -0.672. The van der Waals surface area contributed by atoms with Crippen molar-refractivity contribution in [2.45, 2.75) is 33.6 Å². The third-order valence-corrected chi connectivity index (χ3v) is 4.48. The molecule has 1 aliphatic rings. The number of nitrogens with zero attached hydrogens (tertiary/aromatic N) is 1. The van der Waals surface area contributed by atoms with E-state index in [1.807, 2.05) is 13.8 Å². The number of carbonyl (C=O) groups is 1. The predicted molar refractivity (Wildman–Crippen MR) is 82.8 cm³/mol. The average Bonchev–Trinajstić information content (AvgIpc) is 2.45. The van der Waals surface area contributed by atoms with Crippen molar-refractivity contribution in [2.24, 2.45) is 5.41 Å². The van der Waals surface area contributed by atoms with Gasteiger partial charge in [0.25, 0.3) is 0 Å². The number of carboxylic acid groups (broad SMARTS) is 1. The summed E-state index contributed by atoms with van der Waals surface area (Å²) in [5.74, 6) is 0.274. The Bertz CT molecular complexity index is 505. The number of benzene rings is 1. The van der Waals surface area contributed by atoms with Gasteiger partial charge < -0.3 is 9.84 Å². The van der Waals surface area contributed by atoms with Crippen LogP contribution in [0, 0.1) is 19.3 Å². The summed E-state index contributed by atoms with van der Waals surface area (Å²) in [7, 11) is 0. The highest BCUT2D eigenvalue weighted by Crippen LogP contribution is 2.30. The van der Waals surface area contributed by atoms with Gasteiger partial charge >= 0.3 is 5.97 Å². The zero-order valence-electron chi connectivity index (χ0n) is 13.2. The fourth-order valence-electron chi connectivity index (χ4n) is 2.63. The van der Waals surface area contributed by atoms with Crippen molar-refractivity contribution < 1.29 is 14.6 Å². The molecule has 0 atom stereocenters. The Balaban J connectivity index is 1.78. The molecule has 0 amide bonds. The van der Waals surface area contributed by atoms with Crippen LogP contribution >= 0.6 is 0 Å². The molecule has 116 valence electrons. The second kappa shape index (κ2) is 6.48. The third-order valence-electron chi connectivity index (χ3n) is 4.48. The maximum atomic E-state index is 11.2. The first-order valence-electron chi connectivity index (χ1n) is 7.56. The molecule has 1 N–H and O–H groups in total. The number of hydrogen-bond acceptors (Lipinski definition) is 3. The third kappa shape index (κ3) is 3.97. The van der Waals surface area contributed by atoms with E-state index in [4.69, 9.17) is 4.74 Å². The molecule has 0 aromatic heterocycles. The van der Waals surface area contributed by atoms with Gasteiger partial charge in [0.05, 0.1) is 5.41 Å². The zero-order chi connectivity index (χ0) is 15.5. The lowest BCUT2D eigenvalue weighted by atomic mass is 9.80. The number of aliphatic carboxylic acids is 1. The Morgan fingerprint density at radius 3 is 2.62 bits per heavy atom. The summed E-state index contributed by atoms with van der Waals surface area (Å²) >= 11 is 0. The minimum Gasteiger partial charge on any atom is -0.492 e. The van der Waals surface area contributed by atoms with E-state index in [1.165, 1.54) is 5.56 Å². The summed E-state index contributed by atoms with van der Waals surface area (Å²) < 4.78 is 5.86. The first-order valence-corrected chi connectivity index (χ1v) is 7.56. The topological polar surface area (TPSA) is 49.8 Å². The Kier molecular flexibility index (Phi) is 4.88. The molecule has 4 nitrogen and oxygen atoms in total. The number of hydrogen-bond donors (Lipinski definition) is 1. The van der Waals surface area contributed by atoms with Gasteiger partial charge in [-0.15, -0.1) is 0 Å². The SMILES string of the molecule is Cc1ccc(C)c(OCCN2CCC(C)(C(=O)O)CC2)c1. The highest BCUT2D eigenvalue weighted by Gasteiger charge is 2.36. The molecular weight excluding hydrogens is 266 g/mol. The Morgan fingerprint density at radius 2 is 2.00 bits per heavy atom. The van der Waals surface area contributed by atoms with Gasteiger partial charge in [-0.05, 0) is 63.9 Å². The second-order valence-electron chi connectivity index (χ2n) is 6.32. The molecule has 0 aliphatic carbocycles. The molecule has 0 unspecified atom stereocenters.